The van der Waals surface area contributed by atoms with E-state index in [1.807, 2.05) is 42.5 Å². The SMILES string of the molecule is Cc1nc2cc(-c3noc(-c4ccc(-n5c(C)ccc5C)cc4)n3)ccc2n(C)c1=O. The van der Waals surface area contributed by atoms with Gasteiger partial charge in [0.05, 0.1) is 11.0 Å². The lowest BCUT2D eigenvalue weighted by Crippen LogP contribution is -2.20. The molecule has 0 bridgehead atoms. The second kappa shape index (κ2) is 7.05. The smallest absolute Gasteiger partial charge is 0.272 e. The van der Waals surface area contributed by atoms with Gasteiger partial charge in [-0.15, -0.1) is 0 Å². The van der Waals surface area contributed by atoms with Crippen LogP contribution in [-0.4, -0.2) is 24.3 Å². The number of aryl methyl sites for hydroxylation is 4. The van der Waals surface area contributed by atoms with E-state index >= 15 is 0 Å². The number of hydrogen-bond donors (Lipinski definition) is 0. The lowest BCUT2D eigenvalue weighted by molar-refractivity contribution is 0.432. The Bertz CT molecular complexity index is 1470. The summed E-state index contributed by atoms with van der Waals surface area (Å²) in [5, 5.41) is 4.14. The third-order valence-corrected chi connectivity index (χ3v) is 5.57. The van der Waals surface area contributed by atoms with E-state index in [1.54, 1.807) is 18.5 Å². The molecule has 7 heteroatoms. The Balaban J connectivity index is 1.49. The predicted molar refractivity (Wildman–Crippen MR) is 119 cm³/mol. The Labute approximate surface area is 178 Å². The van der Waals surface area contributed by atoms with Crippen molar-refractivity contribution in [3.8, 4) is 28.5 Å². The van der Waals surface area contributed by atoms with Gasteiger partial charge in [-0.3, -0.25) is 4.79 Å². The van der Waals surface area contributed by atoms with Gasteiger partial charge < -0.3 is 13.7 Å². The Kier molecular flexibility index (Phi) is 4.32. The fourth-order valence-electron chi connectivity index (χ4n) is 3.90. The topological polar surface area (TPSA) is 78.7 Å². The van der Waals surface area contributed by atoms with E-state index < -0.39 is 0 Å². The highest BCUT2D eigenvalue weighted by Crippen LogP contribution is 2.26. The van der Waals surface area contributed by atoms with E-state index in [1.165, 1.54) is 11.4 Å². The van der Waals surface area contributed by atoms with Crippen molar-refractivity contribution in [2.75, 3.05) is 0 Å². The molecule has 3 heterocycles. The van der Waals surface area contributed by atoms with Crippen LogP contribution in [0.25, 0.3) is 39.6 Å². The maximum Gasteiger partial charge on any atom is 0.272 e. The molecule has 0 N–H and O–H groups in total. The van der Waals surface area contributed by atoms with Gasteiger partial charge in [-0.1, -0.05) is 5.16 Å². The minimum absolute atomic E-state index is 0.101. The van der Waals surface area contributed by atoms with Crippen molar-refractivity contribution in [1.82, 2.24) is 24.3 Å². The number of fused-ring (bicyclic) bond motifs is 1. The summed E-state index contributed by atoms with van der Waals surface area (Å²) in [4.78, 5) is 21.1. The largest absolute Gasteiger partial charge is 0.334 e. The zero-order valence-corrected chi connectivity index (χ0v) is 17.7. The van der Waals surface area contributed by atoms with Crippen LogP contribution in [0.1, 0.15) is 17.1 Å². The van der Waals surface area contributed by atoms with Gasteiger partial charge in [0.1, 0.15) is 5.69 Å². The van der Waals surface area contributed by atoms with Crippen molar-refractivity contribution in [3.05, 3.63) is 82.0 Å². The van der Waals surface area contributed by atoms with Crippen molar-refractivity contribution in [2.45, 2.75) is 20.8 Å². The van der Waals surface area contributed by atoms with Crippen LogP contribution in [0.2, 0.25) is 0 Å². The van der Waals surface area contributed by atoms with Crippen LogP contribution in [-0.2, 0) is 7.05 Å². The summed E-state index contributed by atoms with van der Waals surface area (Å²) in [5.74, 6) is 0.929. The first kappa shape index (κ1) is 19.0. The molecule has 2 aromatic carbocycles. The molecule has 0 saturated heterocycles. The van der Waals surface area contributed by atoms with Crippen molar-refractivity contribution < 1.29 is 4.52 Å². The minimum atomic E-state index is -0.101. The molecule has 7 nitrogen and oxygen atoms in total. The van der Waals surface area contributed by atoms with Crippen molar-refractivity contribution >= 4 is 11.0 Å². The lowest BCUT2D eigenvalue weighted by atomic mass is 10.1. The third-order valence-electron chi connectivity index (χ3n) is 5.57. The molecule has 0 amide bonds. The van der Waals surface area contributed by atoms with Gasteiger partial charge >= 0.3 is 0 Å². The third kappa shape index (κ3) is 3.15. The highest BCUT2D eigenvalue weighted by molar-refractivity contribution is 5.80. The molecular formula is C24H21N5O2. The quantitative estimate of drug-likeness (QED) is 0.441. The van der Waals surface area contributed by atoms with Crippen LogP contribution in [0.4, 0.5) is 0 Å². The van der Waals surface area contributed by atoms with E-state index in [0.717, 1.165) is 22.3 Å². The summed E-state index contributed by atoms with van der Waals surface area (Å²) in [7, 11) is 1.74. The summed E-state index contributed by atoms with van der Waals surface area (Å²) in [6, 6.07) is 17.8. The molecule has 0 unspecified atom stereocenters. The first-order chi connectivity index (χ1) is 14.9. The van der Waals surface area contributed by atoms with Crippen LogP contribution < -0.4 is 5.56 Å². The number of benzene rings is 2. The summed E-state index contributed by atoms with van der Waals surface area (Å²) < 4.78 is 9.31. The Morgan fingerprint density at radius 3 is 2.23 bits per heavy atom. The van der Waals surface area contributed by atoms with E-state index in [2.05, 4.69) is 45.7 Å². The van der Waals surface area contributed by atoms with Crippen LogP contribution in [0.5, 0.6) is 0 Å². The summed E-state index contributed by atoms with van der Waals surface area (Å²) in [5.41, 5.74) is 6.91. The van der Waals surface area contributed by atoms with Gasteiger partial charge in [0, 0.05) is 35.2 Å². The molecule has 0 aliphatic heterocycles. The molecule has 0 saturated carbocycles. The highest BCUT2D eigenvalue weighted by Gasteiger charge is 2.13. The predicted octanol–water partition coefficient (Wildman–Crippen LogP) is 4.37. The monoisotopic (exact) mass is 411 g/mol. The Morgan fingerprint density at radius 2 is 1.52 bits per heavy atom. The van der Waals surface area contributed by atoms with Crippen LogP contribution in [0.15, 0.2) is 63.9 Å². The molecule has 0 aliphatic rings. The normalized spacial score (nSPS) is 11.4. The minimum Gasteiger partial charge on any atom is -0.334 e. The van der Waals surface area contributed by atoms with Crippen LogP contribution in [0, 0.1) is 20.8 Å². The second-order valence-corrected chi connectivity index (χ2v) is 7.69. The van der Waals surface area contributed by atoms with E-state index in [-0.39, 0.29) is 5.56 Å². The van der Waals surface area contributed by atoms with Crippen molar-refractivity contribution in [1.29, 1.82) is 0 Å². The fourth-order valence-corrected chi connectivity index (χ4v) is 3.90. The average molecular weight is 411 g/mol. The Morgan fingerprint density at radius 1 is 0.839 bits per heavy atom. The van der Waals surface area contributed by atoms with Crippen LogP contribution in [0.3, 0.4) is 0 Å². The molecule has 154 valence electrons. The molecule has 0 aliphatic carbocycles. The second-order valence-electron chi connectivity index (χ2n) is 7.69. The van der Waals surface area contributed by atoms with E-state index in [9.17, 15) is 4.79 Å². The molecule has 0 radical (unpaired) electrons. The zero-order valence-electron chi connectivity index (χ0n) is 17.7. The van der Waals surface area contributed by atoms with E-state index in [0.29, 0.717) is 22.9 Å². The molecule has 0 atom stereocenters. The maximum atomic E-state index is 12.1. The summed E-state index contributed by atoms with van der Waals surface area (Å²) in [6.45, 7) is 5.88. The molecule has 3 aromatic heterocycles. The maximum absolute atomic E-state index is 12.1. The summed E-state index contributed by atoms with van der Waals surface area (Å²) >= 11 is 0. The van der Waals surface area contributed by atoms with E-state index in [4.69, 9.17) is 4.52 Å². The zero-order chi connectivity index (χ0) is 21.7. The molecular weight excluding hydrogens is 390 g/mol. The molecule has 31 heavy (non-hydrogen) atoms. The van der Waals surface area contributed by atoms with Gasteiger partial charge in [-0.05, 0) is 75.4 Å². The number of rotatable bonds is 3. The van der Waals surface area contributed by atoms with Crippen molar-refractivity contribution in [2.24, 2.45) is 7.05 Å². The first-order valence-electron chi connectivity index (χ1n) is 9.99. The molecule has 5 aromatic rings. The Hall–Kier alpha value is -4.00. The molecule has 5 rings (SSSR count). The standard InChI is InChI=1S/C24H21N5O2/c1-14-5-6-15(2)29(14)19-10-7-17(8-11-19)23-26-22(27-31-23)18-9-12-21-20(13-18)25-16(3)24(30)28(21)4/h5-13H,1-4H3. The van der Waals surface area contributed by atoms with Gasteiger partial charge in [0.2, 0.25) is 5.82 Å². The summed E-state index contributed by atoms with van der Waals surface area (Å²) in [6.07, 6.45) is 0. The number of aromatic nitrogens is 5. The lowest BCUT2D eigenvalue weighted by Gasteiger charge is -2.09. The highest BCUT2D eigenvalue weighted by atomic mass is 16.5. The van der Waals surface area contributed by atoms with Gasteiger partial charge in [-0.2, -0.15) is 4.98 Å². The van der Waals surface area contributed by atoms with Crippen molar-refractivity contribution in [3.63, 3.8) is 0 Å². The van der Waals surface area contributed by atoms with Crippen LogP contribution >= 0.6 is 0 Å². The molecule has 0 fully saturated rings. The number of nitrogens with zero attached hydrogens (tertiary/aromatic N) is 5. The average Bonchev–Trinajstić information content (AvgIpc) is 3.39. The van der Waals surface area contributed by atoms with Gasteiger partial charge in [-0.25, -0.2) is 4.98 Å². The fraction of sp³-hybridized carbons (Fsp3) is 0.167. The number of hydrogen-bond acceptors (Lipinski definition) is 5. The first-order valence-corrected chi connectivity index (χ1v) is 9.99. The van der Waals surface area contributed by atoms with Gasteiger partial charge in [0.15, 0.2) is 0 Å². The molecule has 0 spiro atoms. The van der Waals surface area contributed by atoms with Gasteiger partial charge in [0.25, 0.3) is 11.4 Å².